The van der Waals surface area contributed by atoms with Gasteiger partial charge in [0.1, 0.15) is 17.8 Å². The summed E-state index contributed by atoms with van der Waals surface area (Å²) >= 11 is 0. The fourth-order valence-electron chi connectivity index (χ4n) is 1.81. The maximum Gasteiger partial charge on any atom is 0.268 e. The van der Waals surface area contributed by atoms with E-state index in [2.05, 4.69) is 15.3 Å². The highest BCUT2D eigenvalue weighted by molar-refractivity contribution is 5.56. The van der Waals surface area contributed by atoms with Crippen molar-refractivity contribution in [3.8, 4) is 23.1 Å². The Kier molecular flexibility index (Phi) is 5.20. The third-order valence-corrected chi connectivity index (χ3v) is 2.65. The van der Waals surface area contributed by atoms with Crippen LogP contribution in [0.1, 0.15) is 13.8 Å². The monoisotopic (exact) mass is 289 g/mol. The van der Waals surface area contributed by atoms with Crippen molar-refractivity contribution in [3.05, 3.63) is 30.6 Å². The SMILES string of the molecule is CCNc1ncnc(Oc2cccc(OCC)c2)c1OC. The molecule has 1 aromatic heterocycles. The Balaban J connectivity index is 2.26. The van der Waals surface area contributed by atoms with E-state index in [4.69, 9.17) is 14.2 Å². The van der Waals surface area contributed by atoms with E-state index in [0.29, 0.717) is 29.8 Å². The zero-order chi connectivity index (χ0) is 15.1. The summed E-state index contributed by atoms with van der Waals surface area (Å²) in [4.78, 5) is 8.26. The molecule has 0 aliphatic heterocycles. The molecule has 2 rings (SSSR count). The summed E-state index contributed by atoms with van der Waals surface area (Å²) in [7, 11) is 1.56. The highest BCUT2D eigenvalue weighted by Gasteiger charge is 2.14. The van der Waals surface area contributed by atoms with Crippen LogP contribution in [0.25, 0.3) is 0 Å². The van der Waals surface area contributed by atoms with Gasteiger partial charge in [0.05, 0.1) is 13.7 Å². The highest BCUT2D eigenvalue weighted by Crippen LogP contribution is 2.34. The largest absolute Gasteiger partial charge is 0.494 e. The number of ether oxygens (including phenoxy) is 3. The molecule has 0 radical (unpaired) electrons. The molecule has 6 heteroatoms. The van der Waals surface area contributed by atoms with Gasteiger partial charge in [-0.3, -0.25) is 0 Å². The quantitative estimate of drug-likeness (QED) is 0.845. The Hall–Kier alpha value is -2.50. The Labute approximate surface area is 124 Å². The first kappa shape index (κ1) is 14.9. The van der Waals surface area contributed by atoms with E-state index < -0.39 is 0 Å². The minimum atomic E-state index is 0.358. The first-order valence-corrected chi connectivity index (χ1v) is 6.82. The lowest BCUT2D eigenvalue weighted by Crippen LogP contribution is -2.04. The molecule has 6 nitrogen and oxygen atoms in total. The molecule has 21 heavy (non-hydrogen) atoms. The predicted molar refractivity (Wildman–Crippen MR) is 80.4 cm³/mol. The van der Waals surface area contributed by atoms with Crippen molar-refractivity contribution in [1.82, 2.24) is 9.97 Å². The van der Waals surface area contributed by atoms with Crippen molar-refractivity contribution in [2.24, 2.45) is 0 Å². The second kappa shape index (κ2) is 7.33. The first-order chi connectivity index (χ1) is 10.3. The van der Waals surface area contributed by atoms with Crippen LogP contribution in [0.5, 0.6) is 23.1 Å². The minimum Gasteiger partial charge on any atom is -0.494 e. The number of rotatable bonds is 7. The molecule has 1 N–H and O–H groups in total. The minimum absolute atomic E-state index is 0.358. The third kappa shape index (κ3) is 3.75. The van der Waals surface area contributed by atoms with E-state index in [9.17, 15) is 0 Å². The number of aromatic nitrogens is 2. The van der Waals surface area contributed by atoms with Crippen molar-refractivity contribution >= 4 is 5.82 Å². The van der Waals surface area contributed by atoms with E-state index in [-0.39, 0.29) is 0 Å². The van der Waals surface area contributed by atoms with Gasteiger partial charge in [-0.05, 0) is 26.0 Å². The Morgan fingerprint density at radius 1 is 1.14 bits per heavy atom. The van der Waals surface area contributed by atoms with Crippen LogP contribution in [0.4, 0.5) is 5.82 Å². The van der Waals surface area contributed by atoms with Crippen molar-refractivity contribution in [2.75, 3.05) is 25.6 Å². The molecule has 0 bridgehead atoms. The van der Waals surface area contributed by atoms with Gasteiger partial charge in [-0.15, -0.1) is 0 Å². The van der Waals surface area contributed by atoms with E-state index in [1.165, 1.54) is 6.33 Å². The second-order valence-electron chi connectivity index (χ2n) is 4.10. The molecule has 0 saturated heterocycles. The fourth-order valence-corrected chi connectivity index (χ4v) is 1.81. The lowest BCUT2D eigenvalue weighted by Gasteiger charge is -2.13. The molecule has 0 amide bonds. The lowest BCUT2D eigenvalue weighted by atomic mass is 10.3. The average molecular weight is 289 g/mol. The maximum absolute atomic E-state index is 5.78. The zero-order valence-electron chi connectivity index (χ0n) is 12.4. The van der Waals surface area contributed by atoms with E-state index in [1.54, 1.807) is 13.2 Å². The van der Waals surface area contributed by atoms with Gasteiger partial charge >= 0.3 is 0 Å². The molecule has 2 aromatic rings. The van der Waals surface area contributed by atoms with Crippen LogP contribution in [0, 0.1) is 0 Å². The first-order valence-electron chi connectivity index (χ1n) is 6.82. The number of methoxy groups -OCH3 is 1. The number of anilines is 1. The summed E-state index contributed by atoms with van der Waals surface area (Å²) in [5, 5.41) is 3.10. The molecule has 0 unspecified atom stereocenters. The smallest absolute Gasteiger partial charge is 0.268 e. The molecule has 1 aromatic carbocycles. The lowest BCUT2D eigenvalue weighted by molar-refractivity contribution is 0.336. The zero-order valence-corrected chi connectivity index (χ0v) is 12.4. The number of benzene rings is 1. The Morgan fingerprint density at radius 2 is 1.95 bits per heavy atom. The van der Waals surface area contributed by atoms with Gasteiger partial charge in [0.2, 0.25) is 5.75 Å². The van der Waals surface area contributed by atoms with Crippen molar-refractivity contribution in [3.63, 3.8) is 0 Å². The standard InChI is InChI=1S/C15H19N3O3/c1-4-16-14-13(19-3)15(18-10-17-14)21-12-8-6-7-11(9-12)20-5-2/h6-10H,4-5H2,1-3H3,(H,16,17,18). The van der Waals surface area contributed by atoms with E-state index in [1.807, 2.05) is 32.0 Å². The van der Waals surface area contributed by atoms with Crippen LogP contribution in [-0.4, -0.2) is 30.2 Å². The van der Waals surface area contributed by atoms with Gasteiger partial charge in [-0.25, -0.2) is 4.98 Å². The second-order valence-corrected chi connectivity index (χ2v) is 4.10. The molecular formula is C15H19N3O3. The summed E-state index contributed by atoms with van der Waals surface area (Å²) in [6.45, 7) is 5.24. The molecule has 0 saturated carbocycles. The number of hydrogen-bond donors (Lipinski definition) is 1. The van der Waals surface area contributed by atoms with E-state index in [0.717, 1.165) is 12.3 Å². The average Bonchev–Trinajstić information content (AvgIpc) is 2.49. The maximum atomic E-state index is 5.78. The summed E-state index contributed by atoms with van der Waals surface area (Å²) in [5.74, 6) is 2.81. The molecule has 112 valence electrons. The van der Waals surface area contributed by atoms with Gasteiger partial charge in [-0.1, -0.05) is 6.07 Å². The molecule has 0 aliphatic carbocycles. The molecule has 0 spiro atoms. The Morgan fingerprint density at radius 3 is 2.67 bits per heavy atom. The highest BCUT2D eigenvalue weighted by atomic mass is 16.5. The normalized spacial score (nSPS) is 10.0. The predicted octanol–water partition coefficient (Wildman–Crippen LogP) is 3.11. The van der Waals surface area contributed by atoms with Gasteiger partial charge in [0.15, 0.2) is 5.82 Å². The molecule has 0 fully saturated rings. The molecule has 1 heterocycles. The fraction of sp³-hybridized carbons (Fsp3) is 0.333. The van der Waals surface area contributed by atoms with Crippen molar-refractivity contribution in [1.29, 1.82) is 0 Å². The number of nitrogens with zero attached hydrogens (tertiary/aromatic N) is 2. The molecular weight excluding hydrogens is 270 g/mol. The van der Waals surface area contributed by atoms with Crippen LogP contribution in [0.3, 0.4) is 0 Å². The van der Waals surface area contributed by atoms with Gasteiger partial charge in [0, 0.05) is 12.6 Å². The van der Waals surface area contributed by atoms with Crippen LogP contribution in [0.15, 0.2) is 30.6 Å². The van der Waals surface area contributed by atoms with Gasteiger partial charge < -0.3 is 19.5 Å². The van der Waals surface area contributed by atoms with Crippen LogP contribution >= 0.6 is 0 Å². The van der Waals surface area contributed by atoms with Crippen molar-refractivity contribution in [2.45, 2.75) is 13.8 Å². The van der Waals surface area contributed by atoms with Gasteiger partial charge in [-0.2, -0.15) is 4.98 Å². The van der Waals surface area contributed by atoms with Crippen LogP contribution in [0.2, 0.25) is 0 Å². The topological polar surface area (TPSA) is 65.5 Å². The Bertz CT molecular complexity index is 590. The van der Waals surface area contributed by atoms with Crippen LogP contribution in [-0.2, 0) is 0 Å². The summed E-state index contributed by atoms with van der Waals surface area (Å²) in [6, 6.07) is 7.37. The summed E-state index contributed by atoms with van der Waals surface area (Å²) in [6.07, 6.45) is 1.43. The number of hydrogen-bond acceptors (Lipinski definition) is 6. The van der Waals surface area contributed by atoms with Gasteiger partial charge in [0.25, 0.3) is 5.88 Å². The summed E-state index contributed by atoms with van der Waals surface area (Å²) in [5.41, 5.74) is 0. The molecule has 0 aliphatic rings. The molecule has 0 atom stereocenters. The summed E-state index contributed by atoms with van der Waals surface area (Å²) < 4.78 is 16.6. The van der Waals surface area contributed by atoms with Crippen molar-refractivity contribution < 1.29 is 14.2 Å². The van der Waals surface area contributed by atoms with Crippen LogP contribution < -0.4 is 19.5 Å². The number of nitrogens with one attached hydrogen (secondary N) is 1. The van der Waals surface area contributed by atoms with E-state index >= 15 is 0 Å². The third-order valence-electron chi connectivity index (χ3n) is 2.65.